The quantitative estimate of drug-likeness (QED) is 0.174. The maximum Gasteiger partial charge on any atom is 0.266 e. The number of carbonyl (C=O) groups excluding carboxylic acids is 1. The van der Waals surface area contributed by atoms with Gasteiger partial charge in [0.1, 0.15) is 29.8 Å². The molecule has 0 aromatic heterocycles. The molecule has 3 rings (SSSR count). The van der Waals surface area contributed by atoms with Gasteiger partial charge in [0.15, 0.2) is 0 Å². The Morgan fingerprint density at radius 2 is 1.94 bits per heavy atom. The highest BCUT2D eigenvalue weighted by atomic mass is 79.9. The van der Waals surface area contributed by atoms with Crippen molar-refractivity contribution >= 4 is 56.8 Å². The zero-order chi connectivity index (χ0) is 24.7. The summed E-state index contributed by atoms with van der Waals surface area (Å²) in [6.45, 7) is 4.00. The van der Waals surface area contributed by atoms with Crippen molar-refractivity contribution in [3.63, 3.8) is 0 Å². The van der Waals surface area contributed by atoms with Crippen LogP contribution < -0.4 is 10.1 Å². The minimum atomic E-state index is -0.716. The normalized spacial score (nSPS) is 11.0. The topological polar surface area (TPSA) is 62.1 Å². The molecule has 0 aliphatic heterocycles. The first kappa shape index (κ1) is 25.5. The summed E-state index contributed by atoms with van der Waals surface area (Å²) < 4.78 is 20.5. The first-order valence-electron chi connectivity index (χ1n) is 10.00. The molecule has 0 saturated heterocycles. The molecule has 0 aliphatic rings. The van der Waals surface area contributed by atoms with E-state index in [4.69, 9.17) is 27.9 Å². The number of anilines is 1. The van der Waals surface area contributed by atoms with Crippen molar-refractivity contribution in [1.29, 1.82) is 5.26 Å². The van der Waals surface area contributed by atoms with Gasteiger partial charge in [-0.05, 0) is 76.0 Å². The number of rotatable bonds is 8. The Morgan fingerprint density at radius 1 is 1.18 bits per heavy atom. The third-order valence-electron chi connectivity index (χ3n) is 4.69. The van der Waals surface area contributed by atoms with Crippen LogP contribution >= 0.6 is 39.1 Å². The maximum absolute atomic E-state index is 13.9. The molecule has 0 radical (unpaired) electrons. The number of benzene rings is 3. The zero-order valence-corrected chi connectivity index (χ0v) is 20.8. The summed E-state index contributed by atoms with van der Waals surface area (Å²) in [6.07, 6.45) is 3.62. The van der Waals surface area contributed by atoms with Crippen LogP contribution in [0, 0.1) is 17.1 Å². The fraction of sp³-hybridized carbons (Fsp3) is 0.0769. The summed E-state index contributed by atoms with van der Waals surface area (Å²) in [5, 5.41) is 13.0. The summed E-state index contributed by atoms with van der Waals surface area (Å²) in [7, 11) is 0. The molecule has 0 spiro atoms. The van der Waals surface area contributed by atoms with Gasteiger partial charge in [0.05, 0.1) is 10.2 Å². The van der Waals surface area contributed by atoms with Crippen LogP contribution in [0.15, 0.2) is 77.3 Å². The Hall–Kier alpha value is -3.11. The lowest BCUT2D eigenvalue weighted by molar-refractivity contribution is -0.112. The monoisotopic (exact) mass is 558 g/mol. The smallest absolute Gasteiger partial charge is 0.266 e. The Labute approximate surface area is 215 Å². The lowest BCUT2D eigenvalue weighted by Crippen LogP contribution is -2.14. The van der Waals surface area contributed by atoms with Crippen molar-refractivity contribution in [2.24, 2.45) is 0 Å². The fourth-order valence-electron chi connectivity index (χ4n) is 3.08. The van der Waals surface area contributed by atoms with E-state index in [9.17, 15) is 14.4 Å². The lowest BCUT2D eigenvalue weighted by Gasteiger charge is -2.15. The van der Waals surface area contributed by atoms with Crippen molar-refractivity contribution in [3.05, 3.63) is 110 Å². The first-order valence-corrected chi connectivity index (χ1v) is 11.5. The van der Waals surface area contributed by atoms with E-state index < -0.39 is 11.7 Å². The van der Waals surface area contributed by atoms with Crippen molar-refractivity contribution < 1.29 is 13.9 Å². The summed E-state index contributed by atoms with van der Waals surface area (Å²) in [5.74, 6) is -0.726. The van der Waals surface area contributed by atoms with Crippen LogP contribution in [0.5, 0.6) is 5.75 Å². The van der Waals surface area contributed by atoms with Crippen molar-refractivity contribution in [3.8, 4) is 11.8 Å². The molecule has 0 aliphatic carbocycles. The van der Waals surface area contributed by atoms with E-state index in [1.807, 2.05) is 6.07 Å². The van der Waals surface area contributed by atoms with Gasteiger partial charge >= 0.3 is 0 Å². The molecule has 172 valence electrons. The Bertz CT molecular complexity index is 1320. The highest BCUT2D eigenvalue weighted by molar-refractivity contribution is 9.10. The summed E-state index contributed by atoms with van der Waals surface area (Å²) in [5.41, 5.74) is 1.95. The van der Waals surface area contributed by atoms with Crippen LogP contribution in [0.1, 0.15) is 16.7 Å². The Balaban J connectivity index is 1.87. The summed E-state index contributed by atoms with van der Waals surface area (Å²) >= 11 is 15.7. The van der Waals surface area contributed by atoms with E-state index in [0.29, 0.717) is 32.3 Å². The largest absolute Gasteiger partial charge is 0.487 e. The van der Waals surface area contributed by atoms with Crippen LogP contribution in [0.3, 0.4) is 0 Å². The summed E-state index contributed by atoms with van der Waals surface area (Å²) in [6, 6.07) is 16.3. The highest BCUT2D eigenvalue weighted by Gasteiger charge is 2.15. The van der Waals surface area contributed by atoms with Crippen LogP contribution in [0.2, 0.25) is 10.0 Å². The number of nitrogens with one attached hydrogen (secondary N) is 1. The third kappa shape index (κ3) is 6.48. The fourth-order valence-corrected chi connectivity index (χ4v) is 4.18. The average molecular weight is 560 g/mol. The maximum atomic E-state index is 13.9. The van der Waals surface area contributed by atoms with Crippen molar-refractivity contribution in [2.75, 3.05) is 5.32 Å². The van der Waals surface area contributed by atoms with Gasteiger partial charge < -0.3 is 10.1 Å². The molecule has 8 heteroatoms. The average Bonchev–Trinajstić information content (AvgIpc) is 2.79. The molecular formula is C26H18BrCl2FN2O2. The molecule has 1 N–H and O–H groups in total. The van der Waals surface area contributed by atoms with E-state index in [1.165, 1.54) is 24.3 Å². The molecule has 3 aromatic carbocycles. The van der Waals surface area contributed by atoms with Crippen LogP contribution in [0.25, 0.3) is 6.08 Å². The lowest BCUT2D eigenvalue weighted by atomic mass is 10.0. The molecule has 1 amide bonds. The molecule has 3 aromatic rings. The number of hydrogen-bond donors (Lipinski definition) is 1. The number of amides is 1. The second-order valence-corrected chi connectivity index (χ2v) is 8.81. The van der Waals surface area contributed by atoms with Gasteiger partial charge in [0, 0.05) is 15.6 Å². The Morgan fingerprint density at radius 3 is 2.62 bits per heavy atom. The van der Waals surface area contributed by atoms with Crippen LogP contribution in [-0.4, -0.2) is 5.91 Å². The van der Waals surface area contributed by atoms with Crippen LogP contribution in [-0.2, 0) is 17.8 Å². The number of nitrogens with zero attached hydrogens (tertiary/aromatic N) is 1. The zero-order valence-electron chi connectivity index (χ0n) is 17.7. The molecule has 0 bridgehead atoms. The van der Waals surface area contributed by atoms with Gasteiger partial charge in [-0.2, -0.15) is 5.26 Å². The molecule has 0 atom stereocenters. The predicted molar refractivity (Wildman–Crippen MR) is 137 cm³/mol. The van der Waals surface area contributed by atoms with E-state index >= 15 is 0 Å². The minimum absolute atomic E-state index is 0.00761. The third-order valence-corrected chi connectivity index (χ3v) is 5.87. The number of halogens is 4. The van der Waals surface area contributed by atoms with Gasteiger partial charge in [0.25, 0.3) is 5.91 Å². The molecule has 4 nitrogen and oxygen atoms in total. The van der Waals surface area contributed by atoms with Crippen molar-refractivity contribution in [2.45, 2.75) is 13.0 Å². The number of para-hydroxylation sites is 1. The second-order valence-electron chi connectivity index (χ2n) is 7.11. The molecular weight excluding hydrogens is 542 g/mol. The predicted octanol–water partition coefficient (Wildman–Crippen LogP) is 7.75. The van der Waals surface area contributed by atoms with E-state index in [1.54, 1.807) is 42.5 Å². The van der Waals surface area contributed by atoms with E-state index in [0.717, 1.165) is 11.1 Å². The molecule has 0 heterocycles. The number of allylic oxidation sites excluding steroid dienone is 1. The number of ether oxygens (including phenoxy) is 1. The number of nitriles is 1. The first-order chi connectivity index (χ1) is 16.3. The van der Waals surface area contributed by atoms with Crippen molar-refractivity contribution in [1.82, 2.24) is 0 Å². The van der Waals surface area contributed by atoms with E-state index in [2.05, 4.69) is 27.8 Å². The molecule has 0 fully saturated rings. The number of hydrogen-bond acceptors (Lipinski definition) is 3. The SMILES string of the molecule is C=CCc1cc(/C=C(/C#N)C(=O)Nc2ccccc2F)cc(Br)c1OCc1ccc(Cl)cc1Cl. The second kappa shape index (κ2) is 11.8. The van der Waals surface area contributed by atoms with Crippen LogP contribution in [0.4, 0.5) is 10.1 Å². The van der Waals surface area contributed by atoms with Gasteiger partial charge in [0.2, 0.25) is 0 Å². The number of carbonyl (C=O) groups is 1. The molecule has 0 saturated carbocycles. The van der Waals surface area contributed by atoms with Gasteiger partial charge in [-0.1, -0.05) is 47.5 Å². The van der Waals surface area contributed by atoms with Gasteiger partial charge in [-0.15, -0.1) is 6.58 Å². The highest BCUT2D eigenvalue weighted by Crippen LogP contribution is 2.34. The Kier molecular flexibility index (Phi) is 8.89. The van der Waals surface area contributed by atoms with E-state index in [-0.39, 0.29) is 17.9 Å². The summed E-state index contributed by atoms with van der Waals surface area (Å²) in [4.78, 5) is 12.5. The van der Waals surface area contributed by atoms with Gasteiger partial charge in [-0.3, -0.25) is 4.79 Å². The molecule has 34 heavy (non-hydrogen) atoms. The molecule has 0 unspecified atom stereocenters. The van der Waals surface area contributed by atoms with Gasteiger partial charge in [-0.25, -0.2) is 4.39 Å². The minimum Gasteiger partial charge on any atom is -0.487 e. The standard InChI is InChI=1S/C26H18BrCl2FN2O2/c1-2-5-17-10-16(11-19(14-31)26(33)32-24-7-4-3-6-23(24)30)12-21(27)25(17)34-15-18-8-9-20(28)13-22(18)29/h2-4,6-13H,1,5,15H2,(H,32,33)/b19-11-.